The Morgan fingerprint density at radius 3 is 2.40 bits per heavy atom. The molecule has 2 N–H and O–H groups in total. The molecule has 11 heteroatoms. The van der Waals surface area contributed by atoms with Crippen molar-refractivity contribution in [2.24, 2.45) is 0 Å². The van der Waals surface area contributed by atoms with Gasteiger partial charge in [0.2, 0.25) is 20.0 Å². The van der Waals surface area contributed by atoms with E-state index in [2.05, 4.69) is 5.32 Å². The van der Waals surface area contributed by atoms with Crippen LogP contribution in [0.25, 0.3) is 0 Å². The van der Waals surface area contributed by atoms with Crippen molar-refractivity contribution >= 4 is 37.3 Å². The van der Waals surface area contributed by atoms with Crippen molar-refractivity contribution in [1.29, 1.82) is 0 Å². The number of nitrogens with zero attached hydrogens (tertiary/aromatic N) is 2. The Labute approximate surface area is 176 Å². The first-order chi connectivity index (χ1) is 13.8. The zero-order valence-corrected chi connectivity index (χ0v) is 18.6. The van der Waals surface area contributed by atoms with Gasteiger partial charge in [-0.25, -0.2) is 21.1 Å². The van der Waals surface area contributed by atoms with E-state index in [1.165, 1.54) is 42.7 Å². The van der Waals surface area contributed by atoms with Gasteiger partial charge < -0.3 is 10.4 Å². The first-order valence-electron chi connectivity index (χ1n) is 9.01. The topological polar surface area (TPSA) is 124 Å². The third-order valence-electron chi connectivity index (χ3n) is 4.85. The molecule has 1 aliphatic rings. The lowest BCUT2D eigenvalue weighted by Crippen LogP contribution is -2.34. The predicted molar refractivity (Wildman–Crippen MR) is 114 cm³/mol. The molecule has 0 fully saturated rings. The average Bonchev–Trinajstić information content (AvgIpc) is 2.98. The van der Waals surface area contributed by atoms with E-state index in [0.29, 0.717) is 17.7 Å². The molecule has 162 valence electrons. The van der Waals surface area contributed by atoms with E-state index in [1.807, 2.05) is 0 Å². The van der Waals surface area contributed by atoms with Gasteiger partial charge in [0.15, 0.2) is 0 Å². The van der Waals surface area contributed by atoms with Crippen molar-refractivity contribution in [3.8, 4) is 5.75 Å². The van der Waals surface area contributed by atoms with Gasteiger partial charge >= 0.3 is 0 Å². The van der Waals surface area contributed by atoms with Gasteiger partial charge in [0.25, 0.3) is 5.91 Å². The molecule has 0 aromatic heterocycles. The van der Waals surface area contributed by atoms with Gasteiger partial charge in [-0.3, -0.25) is 9.10 Å². The van der Waals surface area contributed by atoms with Crippen LogP contribution in [-0.2, 0) is 26.5 Å². The molecule has 2 aromatic rings. The molecular weight excluding hydrogens is 430 g/mol. The number of nitrogens with one attached hydrogen (secondary N) is 1. The Morgan fingerprint density at radius 1 is 1.13 bits per heavy atom. The molecule has 30 heavy (non-hydrogen) atoms. The minimum Gasteiger partial charge on any atom is -0.506 e. The highest BCUT2D eigenvalue weighted by molar-refractivity contribution is 7.92. The van der Waals surface area contributed by atoms with E-state index in [1.54, 1.807) is 19.1 Å². The minimum atomic E-state index is -3.74. The van der Waals surface area contributed by atoms with Crippen LogP contribution in [0.15, 0.2) is 41.3 Å². The van der Waals surface area contributed by atoms with Gasteiger partial charge in [0, 0.05) is 25.7 Å². The van der Waals surface area contributed by atoms with Crippen molar-refractivity contribution in [3.63, 3.8) is 0 Å². The lowest BCUT2D eigenvalue weighted by atomic mass is 10.1. The van der Waals surface area contributed by atoms with Crippen LogP contribution in [0, 0.1) is 0 Å². The van der Waals surface area contributed by atoms with Crippen LogP contribution in [0.2, 0.25) is 0 Å². The summed E-state index contributed by atoms with van der Waals surface area (Å²) in [5.41, 5.74) is 1.46. The van der Waals surface area contributed by atoms with Gasteiger partial charge in [-0.15, -0.1) is 0 Å². The predicted octanol–water partition coefficient (Wildman–Crippen LogP) is 1.61. The largest absolute Gasteiger partial charge is 0.506 e. The summed E-state index contributed by atoms with van der Waals surface area (Å²) in [4.78, 5) is 12.6. The second kappa shape index (κ2) is 7.56. The maximum atomic E-state index is 12.7. The molecule has 1 aliphatic heterocycles. The smallest absolute Gasteiger partial charge is 0.255 e. The molecule has 0 radical (unpaired) electrons. The summed E-state index contributed by atoms with van der Waals surface area (Å²) < 4.78 is 51.0. The van der Waals surface area contributed by atoms with Gasteiger partial charge in [-0.2, -0.15) is 0 Å². The number of amides is 1. The SMILES string of the molecule is CC1Cc2cc(C(=O)Nc3cc(S(=O)(=O)N(C)C)ccc3O)ccc2N1S(C)(=O)=O. The maximum Gasteiger partial charge on any atom is 0.255 e. The quantitative estimate of drug-likeness (QED) is 0.663. The first kappa shape index (κ1) is 22.1. The molecule has 0 aliphatic carbocycles. The van der Waals surface area contributed by atoms with Crippen LogP contribution < -0.4 is 9.62 Å². The fourth-order valence-corrected chi connectivity index (χ4v) is 5.62. The average molecular weight is 454 g/mol. The summed E-state index contributed by atoms with van der Waals surface area (Å²) in [7, 11) is -4.42. The fraction of sp³-hybridized carbons (Fsp3) is 0.316. The fourth-order valence-electron chi connectivity index (χ4n) is 3.43. The van der Waals surface area contributed by atoms with Crippen LogP contribution in [0.5, 0.6) is 5.75 Å². The van der Waals surface area contributed by atoms with E-state index in [-0.39, 0.29) is 27.9 Å². The molecule has 1 unspecified atom stereocenters. The van der Waals surface area contributed by atoms with E-state index < -0.39 is 26.0 Å². The van der Waals surface area contributed by atoms with E-state index in [9.17, 15) is 26.7 Å². The highest BCUT2D eigenvalue weighted by Gasteiger charge is 2.32. The Hall–Kier alpha value is -2.63. The van der Waals surface area contributed by atoms with Crippen molar-refractivity contribution < 1.29 is 26.7 Å². The highest BCUT2D eigenvalue weighted by atomic mass is 32.2. The molecule has 1 atom stereocenters. The zero-order chi connectivity index (χ0) is 22.4. The molecule has 9 nitrogen and oxygen atoms in total. The number of carbonyl (C=O) groups excluding carboxylic acids is 1. The number of anilines is 2. The van der Waals surface area contributed by atoms with Crippen molar-refractivity contribution in [1.82, 2.24) is 4.31 Å². The van der Waals surface area contributed by atoms with E-state index >= 15 is 0 Å². The summed E-state index contributed by atoms with van der Waals surface area (Å²) in [6.45, 7) is 1.79. The number of hydrogen-bond acceptors (Lipinski definition) is 6. The van der Waals surface area contributed by atoms with Gasteiger partial charge in [-0.05, 0) is 55.3 Å². The number of hydrogen-bond donors (Lipinski definition) is 2. The third-order valence-corrected chi connectivity index (χ3v) is 7.93. The van der Waals surface area contributed by atoms with Crippen LogP contribution in [-0.4, -0.2) is 58.5 Å². The summed E-state index contributed by atoms with van der Waals surface area (Å²) in [5, 5.41) is 12.6. The monoisotopic (exact) mass is 453 g/mol. The van der Waals surface area contributed by atoms with Gasteiger partial charge in [0.05, 0.1) is 22.5 Å². The minimum absolute atomic E-state index is 0.0467. The second-order valence-corrected chi connectivity index (χ2v) is 11.4. The number of phenols is 1. The number of aromatic hydroxyl groups is 1. The summed E-state index contributed by atoms with van der Waals surface area (Å²) >= 11 is 0. The normalized spacial score (nSPS) is 16.6. The summed E-state index contributed by atoms with van der Waals surface area (Å²) in [6.07, 6.45) is 1.60. The van der Waals surface area contributed by atoms with Crippen molar-refractivity contribution in [2.45, 2.75) is 24.3 Å². The molecule has 1 heterocycles. The standard InChI is InChI=1S/C19H23N3O6S2/c1-12-9-14-10-13(5-7-17(14)22(12)29(4,25)26)19(24)20-16-11-15(6-8-18(16)23)30(27,28)21(2)3/h5-8,10-12,23H,9H2,1-4H3,(H,20,24). The molecule has 0 saturated carbocycles. The molecule has 1 amide bonds. The van der Waals surface area contributed by atoms with Gasteiger partial charge in [-0.1, -0.05) is 0 Å². The number of phenolic OH excluding ortho intramolecular Hbond substituents is 1. The lowest BCUT2D eigenvalue weighted by Gasteiger charge is -2.21. The lowest BCUT2D eigenvalue weighted by molar-refractivity contribution is 0.102. The van der Waals surface area contributed by atoms with Crippen molar-refractivity contribution in [2.75, 3.05) is 30.0 Å². The molecule has 0 bridgehead atoms. The maximum absolute atomic E-state index is 12.7. The number of benzene rings is 2. The molecule has 2 aromatic carbocycles. The van der Waals surface area contributed by atoms with E-state index in [0.717, 1.165) is 10.6 Å². The Kier molecular flexibility index (Phi) is 5.56. The zero-order valence-electron chi connectivity index (χ0n) is 16.9. The molecule has 3 rings (SSSR count). The number of carbonyl (C=O) groups is 1. The number of fused-ring (bicyclic) bond motifs is 1. The van der Waals surface area contributed by atoms with Gasteiger partial charge in [0.1, 0.15) is 5.75 Å². The second-order valence-electron chi connectivity index (χ2n) is 7.38. The van der Waals surface area contributed by atoms with Crippen molar-refractivity contribution in [3.05, 3.63) is 47.5 Å². The third kappa shape index (κ3) is 4.00. The Bertz CT molecular complexity index is 1220. The van der Waals surface area contributed by atoms with E-state index in [4.69, 9.17) is 0 Å². The first-order valence-corrected chi connectivity index (χ1v) is 12.3. The van der Waals surface area contributed by atoms with Crippen LogP contribution >= 0.6 is 0 Å². The molecule has 0 spiro atoms. The molecular formula is C19H23N3O6S2. The summed E-state index contributed by atoms with van der Waals surface area (Å²) in [6, 6.07) is 8.03. The Balaban J connectivity index is 1.91. The van der Waals surface area contributed by atoms with Crippen LogP contribution in [0.3, 0.4) is 0 Å². The number of sulfonamides is 2. The number of rotatable bonds is 5. The molecule has 0 saturated heterocycles. The summed E-state index contributed by atoms with van der Waals surface area (Å²) in [5.74, 6) is -0.836. The van der Waals surface area contributed by atoms with Crippen LogP contribution in [0.4, 0.5) is 11.4 Å². The van der Waals surface area contributed by atoms with Crippen LogP contribution in [0.1, 0.15) is 22.8 Å². The highest BCUT2D eigenvalue weighted by Crippen LogP contribution is 2.35. The Morgan fingerprint density at radius 2 is 1.80 bits per heavy atom.